The van der Waals surface area contributed by atoms with Gasteiger partial charge in [-0.3, -0.25) is 0 Å². The van der Waals surface area contributed by atoms with Gasteiger partial charge in [-0.2, -0.15) is 0 Å². The van der Waals surface area contributed by atoms with Crippen LogP contribution in [0.1, 0.15) is 17.1 Å². The molecule has 4 rings (SSSR count). The normalized spacial score (nSPS) is 13.0. The van der Waals surface area contributed by atoms with Gasteiger partial charge in [0.25, 0.3) is 0 Å². The molecule has 3 heteroatoms. The van der Waals surface area contributed by atoms with Gasteiger partial charge in [-0.05, 0) is 18.6 Å². The van der Waals surface area contributed by atoms with Crippen LogP contribution in [0.15, 0.2) is 54.6 Å². The summed E-state index contributed by atoms with van der Waals surface area (Å²) in [5.74, 6) is 1.09. The molecule has 3 aromatic rings. The number of nitrogens with one attached hydrogen (secondary N) is 1. The predicted octanol–water partition coefficient (Wildman–Crippen LogP) is 3.87. The van der Waals surface area contributed by atoms with Crippen molar-refractivity contribution in [3.05, 3.63) is 71.7 Å². The molecular formula is C19H19N3. The Kier molecular flexibility index (Phi) is 3.19. The lowest BCUT2D eigenvalue weighted by molar-refractivity contribution is 0.769. The van der Waals surface area contributed by atoms with E-state index in [1.165, 1.54) is 28.2 Å². The Bertz CT molecular complexity index is 803. The number of fused-ring (bicyclic) bond motifs is 3. The van der Waals surface area contributed by atoms with Crippen molar-refractivity contribution in [2.24, 2.45) is 0 Å². The molecule has 3 nitrogen and oxygen atoms in total. The van der Waals surface area contributed by atoms with Crippen molar-refractivity contribution in [1.82, 2.24) is 9.55 Å². The van der Waals surface area contributed by atoms with Crippen LogP contribution in [0.3, 0.4) is 0 Å². The number of aromatic nitrogens is 2. The average Bonchev–Trinajstić information content (AvgIpc) is 2.74. The first kappa shape index (κ1) is 13.1. The van der Waals surface area contributed by atoms with E-state index < -0.39 is 0 Å². The molecule has 1 aromatic heterocycles. The quantitative estimate of drug-likeness (QED) is 0.776. The zero-order valence-corrected chi connectivity index (χ0v) is 12.7. The number of nitrogens with zero attached hydrogens (tertiary/aromatic N) is 2. The number of aryl methyl sites for hydroxylation is 1. The fraction of sp³-hybridized carbons (Fsp3) is 0.211. The summed E-state index contributed by atoms with van der Waals surface area (Å²) in [5, 5.41) is 3.52. The van der Waals surface area contributed by atoms with E-state index in [9.17, 15) is 0 Å². The standard InChI is InChI=1S/C19H19N3/c1-14-21-18-11-12-20-17-10-6-5-9-16(17)19(18)22(14)13-15-7-3-2-4-8-15/h2-10,20H,11-13H2,1H3. The van der Waals surface area contributed by atoms with Crippen LogP contribution < -0.4 is 5.32 Å². The van der Waals surface area contributed by atoms with Crippen LogP contribution in [0.2, 0.25) is 0 Å². The molecule has 0 unspecified atom stereocenters. The first-order chi connectivity index (χ1) is 10.8. The summed E-state index contributed by atoms with van der Waals surface area (Å²) in [6.07, 6.45) is 0.965. The largest absolute Gasteiger partial charge is 0.384 e. The molecule has 0 radical (unpaired) electrons. The molecule has 2 heterocycles. The Morgan fingerprint density at radius 2 is 1.82 bits per heavy atom. The summed E-state index contributed by atoms with van der Waals surface area (Å²) in [5.41, 5.74) is 6.23. The summed E-state index contributed by atoms with van der Waals surface area (Å²) in [6.45, 7) is 3.91. The van der Waals surface area contributed by atoms with Crippen LogP contribution in [-0.2, 0) is 13.0 Å². The van der Waals surface area contributed by atoms with Crippen LogP contribution in [-0.4, -0.2) is 16.1 Å². The second kappa shape index (κ2) is 5.34. The van der Waals surface area contributed by atoms with E-state index >= 15 is 0 Å². The monoisotopic (exact) mass is 289 g/mol. The molecule has 22 heavy (non-hydrogen) atoms. The van der Waals surface area contributed by atoms with E-state index in [0.29, 0.717) is 0 Å². The van der Waals surface area contributed by atoms with Crippen molar-refractivity contribution in [3.63, 3.8) is 0 Å². The van der Waals surface area contributed by atoms with Crippen molar-refractivity contribution in [2.75, 3.05) is 11.9 Å². The Morgan fingerprint density at radius 1 is 1.05 bits per heavy atom. The second-order valence-electron chi connectivity index (χ2n) is 5.75. The maximum absolute atomic E-state index is 4.83. The van der Waals surface area contributed by atoms with E-state index in [2.05, 4.69) is 71.4 Å². The topological polar surface area (TPSA) is 29.9 Å². The zero-order valence-electron chi connectivity index (χ0n) is 12.7. The molecular weight excluding hydrogens is 270 g/mol. The molecule has 1 N–H and O–H groups in total. The van der Waals surface area contributed by atoms with Gasteiger partial charge in [-0.15, -0.1) is 0 Å². The van der Waals surface area contributed by atoms with Gasteiger partial charge in [0.05, 0.1) is 11.4 Å². The fourth-order valence-corrected chi connectivity index (χ4v) is 3.22. The number of benzene rings is 2. The molecule has 0 saturated carbocycles. The number of imidazole rings is 1. The molecule has 0 fully saturated rings. The van der Waals surface area contributed by atoms with Crippen molar-refractivity contribution >= 4 is 5.69 Å². The number of hydrogen-bond donors (Lipinski definition) is 1. The maximum atomic E-state index is 4.83. The lowest BCUT2D eigenvalue weighted by Crippen LogP contribution is -2.05. The maximum Gasteiger partial charge on any atom is 0.106 e. The first-order valence-electron chi connectivity index (χ1n) is 7.76. The van der Waals surface area contributed by atoms with E-state index in [0.717, 1.165) is 25.3 Å². The Labute approximate surface area is 130 Å². The summed E-state index contributed by atoms with van der Waals surface area (Å²) < 4.78 is 2.34. The van der Waals surface area contributed by atoms with Gasteiger partial charge in [0.2, 0.25) is 0 Å². The average molecular weight is 289 g/mol. The summed E-state index contributed by atoms with van der Waals surface area (Å²) >= 11 is 0. The lowest BCUT2D eigenvalue weighted by atomic mass is 10.1. The van der Waals surface area contributed by atoms with Crippen LogP contribution in [0.5, 0.6) is 0 Å². The molecule has 0 amide bonds. The number of para-hydroxylation sites is 1. The molecule has 2 aromatic carbocycles. The van der Waals surface area contributed by atoms with Gasteiger partial charge >= 0.3 is 0 Å². The minimum atomic E-state index is 0.864. The zero-order chi connectivity index (χ0) is 14.9. The van der Waals surface area contributed by atoms with Gasteiger partial charge in [0, 0.05) is 30.8 Å². The minimum Gasteiger partial charge on any atom is -0.384 e. The van der Waals surface area contributed by atoms with E-state index in [1.807, 2.05) is 0 Å². The Hall–Kier alpha value is -2.55. The third-order valence-corrected chi connectivity index (χ3v) is 4.27. The van der Waals surface area contributed by atoms with Crippen molar-refractivity contribution in [2.45, 2.75) is 19.9 Å². The SMILES string of the molecule is Cc1nc2c(n1Cc1ccccc1)-c1ccccc1NCC2. The highest BCUT2D eigenvalue weighted by atomic mass is 15.1. The molecule has 1 aliphatic heterocycles. The van der Waals surface area contributed by atoms with E-state index in [1.54, 1.807) is 0 Å². The molecule has 0 bridgehead atoms. The van der Waals surface area contributed by atoms with Gasteiger partial charge in [0.15, 0.2) is 0 Å². The van der Waals surface area contributed by atoms with Crippen LogP contribution >= 0.6 is 0 Å². The van der Waals surface area contributed by atoms with Gasteiger partial charge < -0.3 is 9.88 Å². The molecule has 0 spiro atoms. The van der Waals surface area contributed by atoms with Gasteiger partial charge in [0.1, 0.15) is 5.82 Å². The molecule has 0 saturated heterocycles. The molecule has 110 valence electrons. The van der Waals surface area contributed by atoms with E-state index in [4.69, 9.17) is 4.98 Å². The van der Waals surface area contributed by atoms with Crippen LogP contribution in [0, 0.1) is 6.92 Å². The lowest BCUT2D eigenvalue weighted by Gasteiger charge is -2.13. The summed E-state index contributed by atoms with van der Waals surface area (Å²) in [4.78, 5) is 4.83. The fourth-order valence-electron chi connectivity index (χ4n) is 3.22. The highest BCUT2D eigenvalue weighted by Gasteiger charge is 2.21. The summed E-state index contributed by atoms with van der Waals surface area (Å²) in [7, 11) is 0. The Balaban J connectivity index is 1.87. The predicted molar refractivity (Wildman–Crippen MR) is 90.1 cm³/mol. The number of anilines is 1. The molecule has 0 aliphatic carbocycles. The highest BCUT2D eigenvalue weighted by molar-refractivity contribution is 5.78. The number of hydrogen-bond acceptors (Lipinski definition) is 2. The third-order valence-electron chi connectivity index (χ3n) is 4.27. The van der Waals surface area contributed by atoms with Crippen molar-refractivity contribution < 1.29 is 0 Å². The smallest absolute Gasteiger partial charge is 0.106 e. The van der Waals surface area contributed by atoms with Crippen LogP contribution in [0.25, 0.3) is 11.3 Å². The van der Waals surface area contributed by atoms with Gasteiger partial charge in [-0.25, -0.2) is 4.98 Å². The first-order valence-corrected chi connectivity index (χ1v) is 7.76. The minimum absolute atomic E-state index is 0.864. The summed E-state index contributed by atoms with van der Waals surface area (Å²) in [6, 6.07) is 19.1. The molecule has 1 aliphatic rings. The van der Waals surface area contributed by atoms with E-state index in [-0.39, 0.29) is 0 Å². The Morgan fingerprint density at radius 3 is 2.68 bits per heavy atom. The second-order valence-corrected chi connectivity index (χ2v) is 5.75. The highest BCUT2D eigenvalue weighted by Crippen LogP contribution is 2.34. The molecule has 0 atom stereocenters. The third kappa shape index (κ3) is 2.19. The van der Waals surface area contributed by atoms with Crippen molar-refractivity contribution in [3.8, 4) is 11.3 Å². The van der Waals surface area contributed by atoms with Gasteiger partial charge in [-0.1, -0.05) is 48.5 Å². The van der Waals surface area contributed by atoms with Crippen LogP contribution in [0.4, 0.5) is 5.69 Å². The number of rotatable bonds is 2. The van der Waals surface area contributed by atoms with Crippen molar-refractivity contribution in [1.29, 1.82) is 0 Å².